The van der Waals surface area contributed by atoms with Gasteiger partial charge >= 0.3 is 6.03 Å². The summed E-state index contributed by atoms with van der Waals surface area (Å²) in [5, 5.41) is 11.0. The number of sulfonamides is 1. The smallest absolute Gasteiger partial charge is 0.315 e. The topological polar surface area (TPSA) is 166 Å². The molecule has 2 aliphatic carbocycles. The highest BCUT2D eigenvalue weighted by Crippen LogP contribution is 2.65. The fourth-order valence-electron chi connectivity index (χ4n) is 7.40. The zero-order chi connectivity index (χ0) is 37.6. The standard InChI is InChI=1S/C35H54F2N6O6S/c1-33(2,3)24(17-38-50(9,48)49)41-32(47)42-28(34(4,5)6)31(46)43-18-22-26(35(22,7)8)27(43)30(45)40-23(16-25(36)37)29(44)39-21-14-19-12-10-11-13-20(19)15-21/h10-13,21-28,38H,14-18H2,1-9H3,(H,39,44)(H,40,45)(H2,41,42,47)/t22-,23-,24+,26-,27-,28+/m0/s1. The molecule has 0 spiro atoms. The molecule has 1 saturated carbocycles. The molecule has 1 heterocycles. The molecule has 1 aromatic rings. The van der Waals surface area contributed by atoms with Gasteiger partial charge in [0, 0.05) is 31.6 Å². The van der Waals surface area contributed by atoms with Crippen molar-refractivity contribution in [3.63, 3.8) is 0 Å². The van der Waals surface area contributed by atoms with E-state index in [0.717, 1.165) is 17.4 Å². The monoisotopic (exact) mass is 724 g/mol. The van der Waals surface area contributed by atoms with Gasteiger partial charge in [0.15, 0.2) is 0 Å². The molecule has 0 aromatic heterocycles. The average molecular weight is 725 g/mol. The second-order valence-electron chi connectivity index (χ2n) is 16.9. The summed E-state index contributed by atoms with van der Waals surface area (Å²) in [5.74, 6) is -2.22. The number of amides is 5. The van der Waals surface area contributed by atoms with Crippen molar-refractivity contribution in [1.29, 1.82) is 0 Å². The molecule has 0 unspecified atom stereocenters. The molecular formula is C35H54F2N6O6S. The van der Waals surface area contributed by atoms with Crippen molar-refractivity contribution in [2.45, 2.75) is 111 Å². The quantitative estimate of drug-likeness (QED) is 0.222. The molecule has 2 fully saturated rings. The SMILES string of the molecule is CC(C)(C)[C@H](NC(=O)N[C@H](CNS(C)(=O)=O)C(C)(C)C)C(=O)N1C[C@H]2[C@@H]([C@H]1C(=O)N[C@@H](CC(F)F)C(=O)NC1Cc3ccccc3C1)C2(C)C. The number of likely N-dealkylation sites (tertiary alicyclic amines) is 1. The van der Waals surface area contributed by atoms with E-state index in [2.05, 4.69) is 26.0 Å². The van der Waals surface area contributed by atoms with Crippen molar-refractivity contribution < 1.29 is 36.4 Å². The zero-order valence-electron chi connectivity index (χ0n) is 30.5. The highest BCUT2D eigenvalue weighted by Gasteiger charge is 2.70. The Bertz CT molecular complexity index is 1550. The highest BCUT2D eigenvalue weighted by atomic mass is 32.2. The first-order chi connectivity index (χ1) is 22.9. The number of halogens is 2. The Balaban J connectivity index is 1.51. The average Bonchev–Trinajstić information content (AvgIpc) is 3.31. The molecule has 6 atom stereocenters. The number of hydrogen-bond donors (Lipinski definition) is 5. The zero-order valence-corrected chi connectivity index (χ0v) is 31.3. The lowest BCUT2D eigenvalue weighted by Gasteiger charge is -2.38. The van der Waals surface area contributed by atoms with Crippen LogP contribution in [0.5, 0.6) is 0 Å². The van der Waals surface area contributed by atoms with E-state index in [9.17, 15) is 36.4 Å². The normalized spacial score (nSPS) is 23.4. The fraction of sp³-hybridized carbons (Fsp3) is 0.714. The van der Waals surface area contributed by atoms with Crippen LogP contribution >= 0.6 is 0 Å². The van der Waals surface area contributed by atoms with Crippen LogP contribution in [0.3, 0.4) is 0 Å². The maximum atomic E-state index is 14.3. The van der Waals surface area contributed by atoms with Gasteiger partial charge in [-0.25, -0.2) is 26.7 Å². The molecule has 4 rings (SSSR count). The molecule has 1 aromatic carbocycles. The van der Waals surface area contributed by atoms with Crippen LogP contribution in [0.25, 0.3) is 0 Å². The molecule has 1 aliphatic heterocycles. The van der Waals surface area contributed by atoms with E-state index in [1.165, 1.54) is 4.90 Å². The van der Waals surface area contributed by atoms with Gasteiger partial charge in [-0.05, 0) is 52.0 Å². The molecule has 0 radical (unpaired) electrons. The van der Waals surface area contributed by atoms with Crippen LogP contribution in [0.2, 0.25) is 0 Å². The van der Waals surface area contributed by atoms with Crippen molar-refractivity contribution in [3.8, 4) is 0 Å². The lowest BCUT2D eigenvalue weighted by atomic mass is 9.85. The van der Waals surface area contributed by atoms with Gasteiger partial charge in [-0.1, -0.05) is 79.7 Å². The fourth-order valence-corrected chi connectivity index (χ4v) is 7.87. The number of benzene rings is 1. The van der Waals surface area contributed by atoms with Gasteiger partial charge in [0.2, 0.25) is 34.2 Å². The van der Waals surface area contributed by atoms with Gasteiger partial charge in [0.05, 0.1) is 6.26 Å². The molecule has 5 N–H and O–H groups in total. The minimum absolute atomic E-state index is 0.0386. The molecule has 12 nitrogen and oxygen atoms in total. The van der Waals surface area contributed by atoms with Crippen LogP contribution in [0.4, 0.5) is 13.6 Å². The summed E-state index contributed by atoms with van der Waals surface area (Å²) in [4.78, 5) is 56.5. The molecule has 0 bridgehead atoms. The molecule has 15 heteroatoms. The van der Waals surface area contributed by atoms with Crippen LogP contribution in [0, 0.1) is 28.1 Å². The number of nitrogens with zero attached hydrogens (tertiary/aromatic N) is 1. The number of carbonyl (C=O) groups excluding carboxylic acids is 4. The van der Waals surface area contributed by atoms with E-state index in [0.29, 0.717) is 12.8 Å². The Kier molecular flexibility index (Phi) is 11.3. The largest absolute Gasteiger partial charge is 0.351 e. The maximum absolute atomic E-state index is 14.3. The Morgan fingerprint density at radius 3 is 2.02 bits per heavy atom. The second-order valence-corrected chi connectivity index (χ2v) is 18.7. The van der Waals surface area contributed by atoms with Crippen LogP contribution in [0.1, 0.15) is 72.9 Å². The lowest BCUT2D eigenvalue weighted by molar-refractivity contribution is -0.144. The minimum Gasteiger partial charge on any atom is -0.351 e. The van der Waals surface area contributed by atoms with Gasteiger partial charge < -0.3 is 26.2 Å². The van der Waals surface area contributed by atoms with Crippen molar-refractivity contribution in [3.05, 3.63) is 35.4 Å². The van der Waals surface area contributed by atoms with Crippen LogP contribution in [-0.2, 0) is 37.2 Å². The van der Waals surface area contributed by atoms with E-state index in [-0.39, 0.29) is 36.4 Å². The predicted molar refractivity (Wildman–Crippen MR) is 186 cm³/mol. The number of alkyl halides is 2. The van der Waals surface area contributed by atoms with E-state index < -0.39 is 81.6 Å². The Morgan fingerprint density at radius 2 is 1.52 bits per heavy atom. The number of carbonyl (C=O) groups is 4. The van der Waals surface area contributed by atoms with Crippen LogP contribution in [-0.4, -0.2) is 93.1 Å². The molecular weight excluding hydrogens is 670 g/mol. The lowest BCUT2D eigenvalue weighted by Crippen LogP contribution is -2.63. The maximum Gasteiger partial charge on any atom is 0.315 e. The Morgan fingerprint density at radius 1 is 0.940 bits per heavy atom. The number of rotatable bonds is 12. The first-order valence-electron chi connectivity index (χ1n) is 17.2. The number of piperidine rings is 1. The van der Waals surface area contributed by atoms with Gasteiger partial charge in [-0.3, -0.25) is 14.4 Å². The molecule has 280 valence electrons. The Hall–Kier alpha value is -3.33. The molecule has 5 amide bonds. The third-order valence-corrected chi connectivity index (χ3v) is 11.2. The second kappa shape index (κ2) is 14.4. The van der Waals surface area contributed by atoms with Gasteiger partial charge in [-0.2, -0.15) is 0 Å². The summed E-state index contributed by atoms with van der Waals surface area (Å²) >= 11 is 0. The van der Waals surface area contributed by atoms with E-state index in [1.807, 2.05) is 58.9 Å². The number of urea groups is 1. The predicted octanol–water partition coefficient (Wildman–Crippen LogP) is 2.57. The van der Waals surface area contributed by atoms with Crippen LogP contribution in [0.15, 0.2) is 24.3 Å². The van der Waals surface area contributed by atoms with E-state index >= 15 is 0 Å². The van der Waals surface area contributed by atoms with Crippen molar-refractivity contribution in [2.75, 3.05) is 19.3 Å². The molecule has 3 aliphatic rings. The summed E-state index contributed by atoms with van der Waals surface area (Å²) < 4.78 is 53.5. The van der Waals surface area contributed by atoms with E-state index in [4.69, 9.17) is 0 Å². The third-order valence-electron chi connectivity index (χ3n) is 10.5. The van der Waals surface area contributed by atoms with Gasteiger partial charge in [0.1, 0.15) is 18.1 Å². The van der Waals surface area contributed by atoms with Crippen molar-refractivity contribution in [1.82, 2.24) is 30.9 Å². The summed E-state index contributed by atoms with van der Waals surface area (Å²) in [6.45, 7) is 14.9. The molecule has 50 heavy (non-hydrogen) atoms. The first-order valence-corrected chi connectivity index (χ1v) is 19.1. The summed E-state index contributed by atoms with van der Waals surface area (Å²) in [7, 11) is -3.54. The summed E-state index contributed by atoms with van der Waals surface area (Å²) in [6, 6.07) is 2.44. The Labute approximate surface area is 294 Å². The minimum atomic E-state index is -3.54. The van der Waals surface area contributed by atoms with E-state index in [1.54, 1.807) is 20.8 Å². The van der Waals surface area contributed by atoms with Gasteiger partial charge in [0.25, 0.3) is 0 Å². The highest BCUT2D eigenvalue weighted by molar-refractivity contribution is 7.88. The van der Waals surface area contributed by atoms with Crippen molar-refractivity contribution >= 4 is 33.8 Å². The first kappa shape index (κ1) is 39.5. The van der Waals surface area contributed by atoms with Crippen LogP contribution < -0.4 is 26.0 Å². The third kappa shape index (κ3) is 9.31. The number of hydrogen-bond acceptors (Lipinski definition) is 6. The summed E-state index contributed by atoms with van der Waals surface area (Å²) in [6.07, 6.45) is -1.62. The number of fused-ring (bicyclic) bond motifs is 2. The van der Waals surface area contributed by atoms with Crippen molar-refractivity contribution in [2.24, 2.45) is 28.1 Å². The number of nitrogens with one attached hydrogen (secondary N) is 5. The molecule has 1 saturated heterocycles. The van der Waals surface area contributed by atoms with Gasteiger partial charge in [-0.15, -0.1) is 0 Å². The summed E-state index contributed by atoms with van der Waals surface area (Å²) in [5.41, 5.74) is 0.471.